The Morgan fingerprint density at radius 2 is 2.36 bits per heavy atom. The van der Waals surface area contributed by atoms with E-state index in [-0.39, 0.29) is 0 Å². The van der Waals surface area contributed by atoms with Crippen LogP contribution in [0.1, 0.15) is 17.8 Å². The molecule has 2 heterocycles. The summed E-state index contributed by atoms with van der Waals surface area (Å²) < 4.78 is 0. The van der Waals surface area contributed by atoms with Crippen LogP contribution in [0.25, 0.3) is 0 Å². The van der Waals surface area contributed by atoms with Gasteiger partial charge in [-0.3, -0.25) is 9.97 Å². The average molecular weight is 193 g/mol. The number of hydrogen-bond acceptors (Lipinski definition) is 4. The fourth-order valence-corrected chi connectivity index (χ4v) is 1.80. The van der Waals surface area contributed by atoms with Crippen LogP contribution in [0, 0.1) is 12.8 Å². The summed E-state index contributed by atoms with van der Waals surface area (Å²) >= 11 is 0. The first-order valence-corrected chi connectivity index (χ1v) is 4.95. The van der Waals surface area contributed by atoms with Crippen molar-refractivity contribution in [3.63, 3.8) is 0 Å². The van der Waals surface area contributed by atoms with Crippen molar-refractivity contribution >= 4 is 0 Å². The minimum absolute atomic E-state index is 0.525. The van der Waals surface area contributed by atoms with E-state index in [2.05, 4.69) is 9.97 Å². The molecule has 14 heavy (non-hydrogen) atoms. The molecule has 1 saturated heterocycles. The molecule has 0 amide bonds. The van der Waals surface area contributed by atoms with Gasteiger partial charge in [-0.05, 0) is 25.7 Å². The topological polar surface area (TPSA) is 49.2 Å². The molecule has 0 radical (unpaired) electrons. The van der Waals surface area contributed by atoms with Crippen LogP contribution in [-0.4, -0.2) is 33.3 Å². The Hall–Kier alpha value is -1.00. The Labute approximate surface area is 83.6 Å². The van der Waals surface area contributed by atoms with E-state index in [1.807, 2.05) is 13.1 Å². The van der Waals surface area contributed by atoms with Crippen molar-refractivity contribution < 1.29 is 5.21 Å². The summed E-state index contributed by atoms with van der Waals surface area (Å²) in [5, 5.41) is 10.6. The smallest absolute Gasteiger partial charge is 0.0590 e. The van der Waals surface area contributed by atoms with Crippen molar-refractivity contribution in [1.82, 2.24) is 15.0 Å². The largest absolute Gasteiger partial charge is 0.314 e. The van der Waals surface area contributed by atoms with Gasteiger partial charge >= 0.3 is 0 Å². The van der Waals surface area contributed by atoms with Crippen LogP contribution in [-0.2, 0) is 6.42 Å². The quantitative estimate of drug-likeness (QED) is 0.762. The summed E-state index contributed by atoms with van der Waals surface area (Å²) in [4.78, 5) is 8.51. The third kappa shape index (κ3) is 2.27. The Morgan fingerprint density at radius 1 is 1.50 bits per heavy atom. The minimum atomic E-state index is 0.525. The highest BCUT2D eigenvalue weighted by Crippen LogP contribution is 2.17. The maximum atomic E-state index is 9.22. The van der Waals surface area contributed by atoms with Crippen LogP contribution < -0.4 is 0 Å². The van der Waals surface area contributed by atoms with Gasteiger partial charge in [0.1, 0.15) is 0 Å². The molecule has 2 rings (SSSR count). The lowest BCUT2D eigenvalue weighted by molar-refractivity contribution is -0.0712. The van der Waals surface area contributed by atoms with Gasteiger partial charge in [-0.25, -0.2) is 0 Å². The molecule has 0 aliphatic carbocycles. The lowest BCUT2D eigenvalue weighted by Gasteiger charge is -2.08. The second-order valence-corrected chi connectivity index (χ2v) is 3.92. The number of hydrogen-bond donors (Lipinski definition) is 1. The summed E-state index contributed by atoms with van der Waals surface area (Å²) in [7, 11) is 0. The number of nitrogens with zero attached hydrogens (tertiary/aromatic N) is 3. The zero-order valence-electron chi connectivity index (χ0n) is 8.35. The molecule has 1 aliphatic heterocycles. The molecule has 0 spiro atoms. The first-order chi connectivity index (χ1) is 6.74. The standard InChI is InChI=1S/C10H15N3O/c1-8-5-12-10(6-11-8)4-9-2-3-13(14)7-9/h5-6,9,14H,2-4,7H2,1H3. The molecule has 1 aromatic rings. The Balaban J connectivity index is 1.94. The molecule has 0 saturated carbocycles. The van der Waals surface area contributed by atoms with E-state index in [0.717, 1.165) is 37.3 Å². The Morgan fingerprint density at radius 3 is 2.93 bits per heavy atom. The third-order valence-corrected chi connectivity index (χ3v) is 2.60. The number of rotatable bonds is 2. The molecule has 1 aromatic heterocycles. The summed E-state index contributed by atoms with van der Waals surface area (Å²) in [5.41, 5.74) is 1.97. The molecule has 1 aliphatic rings. The maximum Gasteiger partial charge on any atom is 0.0590 e. The predicted octanol–water partition coefficient (Wildman–Crippen LogP) is 1.04. The van der Waals surface area contributed by atoms with Crippen molar-refractivity contribution in [2.45, 2.75) is 19.8 Å². The Kier molecular flexibility index (Phi) is 2.74. The first-order valence-electron chi connectivity index (χ1n) is 4.95. The van der Waals surface area contributed by atoms with Crippen LogP contribution in [0.3, 0.4) is 0 Å². The zero-order chi connectivity index (χ0) is 9.97. The number of aryl methyl sites for hydroxylation is 1. The van der Waals surface area contributed by atoms with Crippen LogP contribution >= 0.6 is 0 Å². The Bertz CT molecular complexity index is 299. The third-order valence-electron chi connectivity index (χ3n) is 2.60. The van der Waals surface area contributed by atoms with E-state index >= 15 is 0 Å². The van der Waals surface area contributed by atoms with E-state index in [0.29, 0.717) is 5.92 Å². The van der Waals surface area contributed by atoms with Gasteiger partial charge in [0.2, 0.25) is 0 Å². The van der Waals surface area contributed by atoms with E-state index in [9.17, 15) is 5.21 Å². The molecule has 1 fully saturated rings. The van der Waals surface area contributed by atoms with Gasteiger partial charge in [-0.2, -0.15) is 5.06 Å². The van der Waals surface area contributed by atoms with Gasteiger partial charge in [0.15, 0.2) is 0 Å². The van der Waals surface area contributed by atoms with Gasteiger partial charge in [-0.15, -0.1) is 0 Å². The molecule has 0 aromatic carbocycles. The lowest BCUT2D eigenvalue weighted by atomic mass is 10.0. The predicted molar refractivity (Wildman–Crippen MR) is 51.9 cm³/mol. The molecule has 4 heteroatoms. The van der Waals surface area contributed by atoms with Crippen LogP contribution in [0.5, 0.6) is 0 Å². The molecule has 1 unspecified atom stereocenters. The molecular formula is C10H15N3O. The normalized spacial score (nSPS) is 22.9. The molecule has 4 nitrogen and oxygen atoms in total. The van der Waals surface area contributed by atoms with Crippen LogP contribution in [0.4, 0.5) is 0 Å². The SMILES string of the molecule is Cc1cnc(CC2CCN(O)C2)cn1. The summed E-state index contributed by atoms with van der Waals surface area (Å²) in [6.07, 6.45) is 5.59. The maximum absolute atomic E-state index is 9.22. The van der Waals surface area contributed by atoms with Crippen LogP contribution in [0.2, 0.25) is 0 Å². The number of aromatic nitrogens is 2. The highest BCUT2D eigenvalue weighted by Gasteiger charge is 2.21. The van der Waals surface area contributed by atoms with E-state index in [1.54, 1.807) is 6.20 Å². The fourth-order valence-electron chi connectivity index (χ4n) is 1.80. The van der Waals surface area contributed by atoms with Gasteiger partial charge in [0.25, 0.3) is 0 Å². The van der Waals surface area contributed by atoms with Gasteiger partial charge in [-0.1, -0.05) is 0 Å². The second kappa shape index (κ2) is 4.02. The highest BCUT2D eigenvalue weighted by atomic mass is 16.5. The van der Waals surface area contributed by atoms with Gasteiger partial charge in [0, 0.05) is 25.5 Å². The average Bonchev–Trinajstić information content (AvgIpc) is 2.56. The summed E-state index contributed by atoms with van der Waals surface area (Å²) in [5.74, 6) is 0.525. The molecule has 1 atom stereocenters. The van der Waals surface area contributed by atoms with Gasteiger partial charge in [0.05, 0.1) is 11.4 Å². The van der Waals surface area contributed by atoms with E-state index in [4.69, 9.17) is 0 Å². The van der Waals surface area contributed by atoms with Gasteiger partial charge < -0.3 is 5.21 Å². The molecule has 1 N–H and O–H groups in total. The van der Waals surface area contributed by atoms with Crippen molar-refractivity contribution in [1.29, 1.82) is 0 Å². The van der Waals surface area contributed by atoms with E-state index in [1.165, 1.54) is 5.06 Å². The van der Waals surface area contributed by atoms with Crippen LogP contribution in [0.15, 0.2) is 12.4 Å². The lowest BCUT2D eigenvalue weighted by Crippen LogP contribution is -2.16. The fraction of sp³-hybridized carbons (Fsp3) is 0.600. The zero-order valence-corrected chi connectivity index (χ0v) is 8.35. The number of hydroxylamine groups is 2. The van der Waals surface area contributed by atoms with Crippen molar-refractivity contribution in [2.75, 3.05) is 13.1 Å². The second-order valence-electron chi connectivity index (χ2n) is 3.92. The molecule has 76 valence electrons. The summed E-state index contributed by atoms with van der Waals surface area (Å²) in [6.45, 7) is 3.47. The van der Waals surface area contributed by atoms with Crippen molar-refractivity contribution in [2.24, 2.45) is 5.92 Å². The van der Waals surface area contributed by atoms with E-state index < -0.39 is 0 Å². The van der Waals surface area contributed by atoms with Crippen molar-refractivity contribution in [3.8, 4) is 0 Å². The molecular weight excluding hydrogens is 178 g/mol. The molecule has 0 bridgehead atoms. The monoisotopic (exact) mass is 193 g/mol. The summed E-state index contributed by atoms with van der Waals surface area (Å²) in [6, 6.07) is 0. The minimum Gasteiger partial charge on any atom is -0.314 e. The first kappa shape index (κ1) is 9.55. The van der Waals surface area contributed by atoms with Crippen molar-refractivity contribution in [3.05, 3.63) is 23.8 Å². The highest BCUT2D eigenvalue weighted by molar-refractivity contribution is 5.02.